The van der Waals surface area contributed by atoms with E-state index in [9.17, 15) is 4.79 Å². The Morgan fingerprint density at radius 1 is 1.53 bits per heavy atom. The molecule has 1 heterocycles. The molecule has 0 bridgehead atoms. The minimum Gasteiger partial charge on any atom is -0.350 e. The van der Waals surface area contributed by atoms with E-state index in [1.807, 2.05) is 38.9 Å². The van der Waals surface area contributed by atoms with Crippen molar-refractivity contribution in [2.75, 3.05) is 7.05 Å². The second-order valence-corrected chi connectivity index (χ2v) is 5.19. The van der Waals surface area contributed by atoms with Gasteiger partial charge in [-0.2, -0.15) is 5.10 Å². The number of nitrogens with zero attached hydrogens (tertiary/aromatic N) is 3. The summed E-state index contributed by atoms with van der Waals surface area (Å²) in [6, 6.07) is 0.308. The first kappa shape index (κ1) is 15.5. The van der Waals surface area contributed by atoms with E-state index in [1.54, 1.807) is 6.08 Å². The zero-order valence-electron chi connectivity index (χ0n) is 12.8. The summed E-state index contributed by atoms with van der Waals surface area (Å²) in [4.78, 5) is 13.8. The van der Waals surface area contributed by atoms with Gasteiger partial charge in [0.1, 0.15) is 12.0 Å². The quantitative estimate of drug-likeness (QED) is 0.772. The molecule has 0 fully saturated rings. The van der Waals surface area contributed by atoms with E-state index in [2.05, 4.69) is 29.2 Å². The molecule has 0 aromatic rings. The first-order valence-electron chi connectivity index (χ1n) is 6.91. The molecule has 0 saturated carbocycles. The summed E-state index contributed by atoms with van der Waals surface area (Å²) in [6.45, 7) is 10.2. The van der Waals surface area contributed by atoms with Gasteiger partial charge in [0.2, 0.25) is 5.91 Å². The van der Waals surface area contributed by atoms with Crippen LogP contribution in [0.2, 0.25) is 0 Å². The van der Waals surface area contributed by atoms with Crippen molar-refractivity contribution in [2.45, 2.75) is 59.3 Å². The minimum absolute atomic E-state index is 0.0397. The Kier molecular flexibility index (Phi) is 5.39. The first-order chi connectivity index (χ1) is 8.86. The van der Waals surface area contributed by atoms with Crippen LogP contribution in [0, 0.1) is 0 Å². The average Bonchev–Trinajstić information content (AvgIpc) is 2.63. The summed E-state index contributed by atoms with van der Waals surface area (Å²) in [6.07, 6.45) is 4.65. The molecular formula is C14H26N4O. The van der Waals surface area contributed by atoms with Crippen LogP contribution in [0.25, 0.3) is 0 Å². The second-order valence-electron chi connectivity index (χ2n) is 5.19. The third-order valence-electron chi connectivity index (χ3n) is 3.66. The molecule has 19 heavy (non-hydrogen) atoms. The lowest BCUT2D eigenvalue weighted by atomic mass is 10.2. The molecule has 1 N–H and O–H groups in total. The molecule has 0 aromatic heterocycles. The van der Waals surface area contributed by atoms with E-state index in [4.69, 9.17) is 0 Å². The number of rotatable bonds is 5. The molecule has 5 heteroatoms. The predicted octanol–water partition coefficient (Wildman–Crippen LogP) is 1.77. The molecule has 1 aliphatic heterocycles. The fourth-order valence-electron chi connectivity index (χ4n) is 1.91. The largest absolute Gasteiger partial charge is 0.350 e. The van der Waals surface area contributed by atoms with E-state index >= 15 is 0 Å². The maximum absolute atomic E-state index is 11.7. The number of carbonyl (C=O) groups excluding carboxylic acids is 1. The zero-order valence-corrected chi connectivity index (χ0v) is 12.8. The maximum Gasteiger partial charge on any atom is 0.243 e. The fourth-order valence-corrected chi connectivity index (χ4v) is 1.91. The van der Waals surface area contributed by atoms with Gasteiger partial charge in [0.05, 0.1) is 6.04 Å². The van der Waals surface area contributed by atoms with Crippen LogP contribution >= 0.6 is 0 Å². The third kappa shape index (κ3) is 3.98. The number of amidine groups is 1. The van der Waals surface area contributed by atoms with E-state index in [0.717, 1.165) is 12.3 Å². The van der Waals surface area contributed by atoms with Gasteiger partial charge in [-0.05, 0) is 34.1 Å². The van der Waals surface area contributed by atoms with Crippen molar-refractivity contribution in [3.05, 3.63) is 12.2 Å². The Balaban J connectivity index is 2.56. The van der Waals surface area contributed by atoms with Crippen molar-refractivity contribution in [3.63, 3.8) is 0 Å². The lowest BCUT2D eigenvalue weighted by Crippen LogP contribution is -2.40. The Bertz CT molecular complexity index is 378. The molecule has 0 saturated heterocycles. The second kappa shape index (κ2) is 6.59. The van der Waals surface area contributed by atoms with Crippen LogP contribution in [0.1, 0.15) is 41.0 Å². The van der Waals surface area contributed by atoms with Crippen molar-refractivity contribution < 1.29 is 4.79 Å². The lowest BCUT2D eigenvalue weighted by Gasteiger charge is -2.28. The normalized spacial score (nSPS) is 22.6. The highest BCUT2D eigenvalue weighted by Gasteiger charge is 2.27. The molecule has 1 amide bonds. The smallest absolute Gasteiger partial charge is 0.243 e. The zero-order chi connectivity index (χ0) is 14.6. The highest BCUT2D eigenvalue weighted by atomic mass is 16.1. The number of nitrogens with one attached hydrogen (secondary N) is 1. The molecule has 0 aromatic carbocycles. The molecule has 3 unspecified atom stereocenters. The van der Waals surface area contributed by atoms with Crippen LogP contribution in [0.3, 0.4) is 0 Å². The van der Waals surface area contributed by atoms with Gasteiger partial charge in [0, 0.05) is 19.2 Å². The van der Waals surface area contributed by atoms with Gasteiger partial charge >= 0.3 is 0 Å². The topological polar surface area (TPSA) is 47.9 Å². The first-order valence-corrected chi connectivity index (χ1v) is 6.91. The summed E-state index contributed by atoms with van der Waals surface area (Å²) in [7, 11) is 2.02. The molecular weight excluding hydrogens is 240 g/mol. The number of hydrogen-bond acceptors (Lipinski definition) is 4. The van der Waals surface area contributed by atoms with E-state index < -0.39 is 0 Å². The van der Waals surface area contributed by atoms with Crippen molar-refractivity contribution >= 4 is 11.7 Å². The molecule has 0 radical (unpaired) electrons. The van der Waals surface area contributed by atoms with Gasteiger partial charge < -0.3 is 10.2 Å². The summed E-state index contributed by atoms with van der Waals surface area (Å²) >= 11 is 0. The van der Waals surface area contributed by atoms with Crippen LogP contribution < -0.4 is 5.32 Å². The molecule has 0 spiro atoms. The van der Waals surface area contributed by atoms with Crippen molar-refractivity contribution in [1.29, 1.82) is 0 Å². The number of carbonyl (C=O) groups is 1. The molecule has 108 valence electrons. The van der Waals surface area contributed by atoms with Gasteiger partial charge in [-0.15, -0.1) is 0 Å². The molecule has 1 rings (SSSR count). The van der Waals surface area contributed by atoms with Gasteiger partial charge in [-0.1, -0.05) is 13.0 Å². The van der Waals surface area contributed by atoms with Crippen LogP contribution in [-0.2, 0) is 4.79 Å². The standard InChI is InChI=1S/C14H26N4O/c1-7-10(2)15-14(19)9-8-11(3)18-13(5)17(6)12(4)16-18/h8-11,13H,7H2,1-6H3,(H,15,19)/b9-8-. The monoisotopic (exact) mass is 266 g/mol. The predicted molar refractivity (Wildman–Crippen MR) is 78.7 cm³/mol. The Hall–Kier alpha value is -1.52. The van der Waals surface area contributed by atoms with E-state index in [-0.39, 0.29) is 24.2 Å². The van der Waals surface area contributed by atoms with E-state index in [1.165, 1.54) is 0 Å². The van der Waals surface area contributed by atoms with Gasteiger partial charge in [0.15, 0.2) is 0 Å². The highest BCUT2D eigenvalue weighted by molar-refractivity contribution is 5.87. The molecule has 3 atom stereocenters. The SMILES string of the molecule is CCC(C)NC(=O)/C=C\C(C)N1N=C(C)N(C)C1C. The van der Waals surface area contributed by atoms with Crippen molar-refractivity contribution in [1.82, 2.24) is 15.2 Å². The molecule has 1 aliphatic rings. The summed E-state index contributed by atoms with van der Waals surface area (Å²) < 4.78 is 0. The molecule has 5 nitrogen and oxygen atoms in total. The van der Waals surface area contributed by atoms with E-state index in [0.29, 0.717) is 0 Å². The van der Waals surface area contributed by atoms with Crippen LogP contribution in [0.5, 0.6) is 0 Å². The molecule has 0 aliphatic carbocycles. The van der Waals surface area contributed by atoms with Crippen LogP contribution in [0.4, 0.5) is 0 Å². The minimum atomic E-state index is -0.0397. The Morgan fingerprint density at radius 2 is 2.16 bits per heavy atom. The highest BCUT2D eigenvalue weighted by Crippen LogP contribution is 2.17. The van der Waals surface area contributed by atoms with Gasteiger partial charge in [-0.3, -0.25) is 9.80 Å². The van der Waals surface area contributed by atoms with Crippen LogP contribution in [-0.4, -0.2) is 46.9 Å². The number of hydrazone groups is 1. The lowest BCUT2D eigenvalue weighted by molar-refractivity contribution is -0.117. The van der Waals surface area contributed by atoms with Crippen molar-refractivity contribution in [3.8, 4) is 0 Å². The summed E-state index contributed by atoms with van der Waals surface area (Å²) in [5.74, 6) is 0.957. The fraction of sp³-hybridized carbons (Fsp3) is 0.714. The van der Waals surface area contributed by atoms with Crippen molar-refractivity contribution in [2.24, 2.45) is 5.10 Å². The van der Waals surface area contributed by atoms with Gasteiger partial charge in [-0.25, -0.2) is 0 Å². The Labute approximate surface area is 116 Å². The summed E-state index contributed by atoms with van der Waals surface area (Å²) in [5, 5.41) is 9.41. The summed E-state index contributed by atoms with van der Waals surface area (Å²) in [5.41, 5.74) is 0. The van der Waals surface area contributed by atoms with Crippen LogP contribution in [0.15, 0.2) is 17.3 Å². The number of hydrogen-bond donors (Lipinski definition) is 1. The third-order valence-corrected chi connectivity index (χ3v) is 3.66. The maximum atomic E-state index is 11.7. The average molecular weight is 266 g/mol. The Morgan fingerprint density at radius 3 is 2.63 bits per heavy atom. The number of amides is 1. The van der Waals surface area contributed by atoms with Gasteiger partial charge in [0.25, 0.3) is 0 Å².